The van der Waals surface area contributed by atoms with Gasteiger partial charge in [-0.3, -0.25) is 4.79 Å². The van der Waals surface area contributed by atoms with Gasteiger partial charge in [-0.05, 0) is 18.6 Å². The maximum atomic E-state index is 12.2. The molecule has 9 heteroatoms. The lowest BCUT2D eigenvalue weighted by Crippen LogP contribution is -2.35. The molecule has 2 aromatic carbocycles. The van der Waals surface area contributed by atoms with Gasteiger partial charge in [-0.15, -0.1) is 11.8 Å². The minimum Gasteiger partial charge on any atom is -0.489 e. The van der Waals surface area contributed by atoms with Crippen molar-refractivity contribution in [2.24, 2.45) is 0 Å². The minimum atomic E-state index is -0.684. The van der Waals surface area contributed by atoms with Crippen LogP contribution in [0.3, 0.4) is 0 Å². The Hall–Kier alpha value is -3.46. The number of amides is 1. The van der Waals surface area contributed by atoms with Gasteiger partial charge in [0, 0.05) is 17.4 Å². The molecule has 182 valence electrons. The van der Waals surface area contributed by atoms with Gasteiger partial charge in [0.15, 0.2) is 0 Å². The number of hydrogen-bond acceptors (Lipinski definition) is 8. The van der Waals surface area contributed by atoms with Crippen LogP contribution in [0, 0.1) is 0 Å². The molecule has 0 fully saturated rings. The number of alkyl carbamates (subject to hydrolysis) is 1. The average Bonchev–Trinajstić information content (AvgIpc) is 2.85. The predicted molar refractivity (Wildman–Crippen MR) is 131 cm³/mol. The van der Waals surface area contributed by atoms with E-state index in [1.54, 1.807) is 6.92 Å². The molecule has 1 atom stereocenters. The molecule has 2 aromatic rings. The molecular formula is C25H29NO7S. The first-order chi connectivity index (χ1) is 16.5. The Kier molecular flexibility index (Phi) is 12.1. The number of carbonyl (C=O) groups is 3. The van der Waals surface area contributed by atoms with Crippen molar-refractivity contribution in [3.63, 3.8) is 0 Å². The molecule has 34 heavy (non-hydrogen) atoms. The number of ether oxygens (including phenoxy) is 4. The van der Waals surface area contributed by atoms with Gasteiger partial charge in [-0.1, -0.05) is 55.1 Å². The van der Waals surface area contributed by atoms with E-state index >= 15 is 0 Å². The molecule has 0 aromatic heterocycles. The van der Waals surface area contributed by atoms with Gasteiger partial charge in [0.25, 0.3) is 0 Å². The number of hydrogen-bond donors (Lipinski definition) is 1. The number of rotatable bonds is 14. The van der Waals surface area contributed by atoms with Gasteiger partial charge < -0.3 is 24.3 Å². The molecule has 0 aliphatic rings. The van der Waals surface area contributed by atoms with Crippen LogP contribution < -0.4 is 10.1 Å². The van der Waals surface area contributed by atoms with Gasteiger partial charge in [-0.2, -0.15) is 0 Å². The summed E-state index contributed by atoms with van der Waals surface area (Å²) in [5, 5.41) is 2.52. The van der Waals surface area contributed by atoms with Crippen LogP contribution in [0.2, 0.25) is 0 Å². The van der Waals surface area contributed by atoms with E-state index in [-0.39, 0.29) is 31.5 Å². The molecule has 0 aliphatic heterocycles. The van der Waals surface area contributed by atoms with Crippen LogP contribution in [0.15, 0.2) is 67.3 Å². The van der Waals surface area contributed by atoms with E-state index in [4.69, 9.17) is 18.9 Å². The zero-order chi connectivity index (χ0) is 24.6. The Balaban J connectivity index is 1.96. The van der Waals surface area contributed by atoms with E-state index in [2.05, 4.69) is 11.9 Å². The second kappa shape index (κ2) is 15.4. The first-order valence-corrected chi connectivity index (χ1v) is 11.9. The van der Waals surface area contributed by atoms with Gasteiger partial charge in [0.1, 0.15) is 25.1 Å². The standard InChI is InChI=1S/C25H29NO7S/c1-3-23(27)31-15-14-26-25(29)33-20(17-34-18-24(28)30-4-2)16-32-22-13-9-8-12-21(22)19-10-6-5-7-11-19/h3,5-13,20H,1,4,14-18H2,2H3,(H,26,29). The largest absolute Gasteiger partial charge is 0.489 e. The molecule has 1 N–H and O–H groups in total. The summed E-state index contributed by atoms with van der Waals surface area (Å²) in [7, 11) is 0. The van der Waals surface area contributed by atoms with Crippen LogP contribution in [0.4, 0.5) is 4.79 Å². The number of benzene rings is 2. The Morgan fingerprint density at radius 2 is 1.79 bits per heavy atom. The van der Waals surface area contributed by atoms with Crippen LogP contribution in [0.5, 0.6) is 5.75 Å². The monoisotopic (exact) mass is 487 g/mol. The highest BCUT2D eigenvalue weighted by atomic mass is 32.2. The van der Waals surface area contributed by atoms with E-state index < -0.39 is 18.2 Å². The number of nitrogens with one attached hydrogen (secondary N) is 1. The Morgan fingerprint density at radius 3 is 2.53 bits per heavy atom. The summed E-state index contributed by atoms with van der Waals surface area (Å²) in [4.78, 5) is 34.9. The van der Waals surface area contributed by atoms with E-state index in [1.807, 2.05) is 54.6 Å². The molecule has 8 nitrogen and oxygen atoms in total. The number of thioether (sulfide) groups is 1. The first kappa shape index (κ1) is 26.8. The maximum Gasteiger partial charge on any atom is 0.407 e. The third kappa shape index (κ3) is 9.99. The quantitative estimate of drug-likeness (QED) is 0.186. The fourth-order valence-corrected chi connectivity index (χ4v) is 3.58. The number of carbonyl (C=O) groups excluding carboxylic acids is 3. The fraction of sp³-hybridized carbons (Fsp3) is 0.320. The van der Waals surface area contributed by atoms with Crippen molar-refractivity contribution in [1.29, 1.82) is 0 Å². The summed E-state index contributed by atoms with van der Waals surface area (Å²) in [5.74, 6) is 0.192. The number of para-hydroxylation sites is 1. The minimum absolute atomic E-state index is 0.0107. The van der Waals surface area contributed by atoms with Crippen molar-refractivity contribution < 1.29 is 33.3 Å². The lowest BCUT2D eigenvalue weighted by atomic mass is 10.1. The van der Waals surface area contributed by atoms with E-state index in [9.17, 15) is 14.4 Å². The van der Waals surface area contributed by atoms with Gasteiger partial charge in [-0.25, -0.2) is 9.59 Å². The van der Waals surface area contributed by atoms with E-state index in [0.29, 0.717) is 18.1 Å². The van der Waals surface area contributed by atoms with E-state index in [1.165, 1.54) is 11.8 Å². The molecule has 0 radical (unpaired) electrons. The third-order valence-corrected chi connectivity index (χ3v) is 5.33. The highest BCUT2D eigenvalue weighted by Gasteiger charge is 2.18. The molecule has 0 aliphatic carbocycles. The lowest BCUT2D eigenvalue weighted by molar-refractivity contribution is -0.140. The van der Waals surface area contributed by atoms with Crippen molar-refractivity contribution in [2.75, 3.05) is 37.9 Å². The fourth-order valence-electron chi connectivity index (χ4n) is 2.78. The van der Waals surface area contributed by atoms with Gasteiger partial charge in [0.05, 0.1) is 18.9 Å². The number of esters is 2. The zero-order valence-electron chi connectivity index (χ0n) is 19.1. The second-order valence-corrected chi connectivity index (χ2v) is 7.85. The third-order valence-electron chi connectivity index (χ3n) is 4.28. The second-order valence-electron chi connectivity index (χ2n) is 6.82. The smallest absolute Gasteiger partial charge is 0.407 e. The van der Waals surface area contributed by atoms with Crippen LogP contribution in [-0.4, -0.2) is 62.0 Å². The zero-order valence-corrected chi connectivity index (χ0v) is 19.9. The Labute approximate surface area is 203 Å². The van der Waals surface area contributed by atoms with Crippen LogP contribution >= 0.6 is 11.8 Å². The molecule has 1 amide bonds. The molecule has 0 bridgehead atoms. The molecule has 0 spiro atoms. The van der Waals surface area contributed by atoms with Crippen molar-refractivity contribution in [3.05, 3.63) is 67.3 Å². The molecule has 0 saturated carbocycles. The predicted octanol–water partition coefficient (Wildman–Crippen LogP) is 3.85. The highest BCUT2D eigenvalue weighted by Crippen LogP contribution is 2.29. The average molecular weight is 488 g/mol. The van der Waals surface area contributed by atoms with Gasteiger partial charge in [0.2, 0.25) is 0 Å². The summed E-state index contributed by atoms with van der Waals surface area (Å²) in [5.41, 5.74) is 1.91. The SMILES string of the molecule is C=CC(=O)OCCNC(=O)OC(COc1ccccc1-c1ccccc1)CSCC(=O)OCC. The van der Waals surface area contributed by atoms with Crippen molar-refractivity contribution in [1.82, 2.24) is 5.32 Å². The summed E-state index contributed by atoms with van der Waals surface area (Å²) in [6, 6.07) is 17.4. The summed E-state index contributed by atoms with van der Waals surface area (Å²) in [6.07, 6.45) is -0.282. The molecule has 1 unspecified atom stereocenters. The van der Waals surface area contributed by atoms with Gasteiger partial charge >= 0.3 is 18.0 Å². The Morgan fingerprint density at radius 1 is 1.06 bits per heavy atom. The summed E-state index contributed by atoms with van der Waals surface area (Å²) < 4.78 is 21.2. The van der Waals surface area contributed by atoms with Crippen molar-refractivity contribution in [2.45, 2.75) is 13.0 Å². The first-order valence-electron chi connectivity index (χ1n) is 10.8. The van der Waals surface area contributed by atoms with E-state index in [0.717, 1.165) is 17.2 Å². The molecular weight excluding hydrogens is 458 g/mol. The molecule has 0 heterocycles. The van der Waals surface area contributed by atoms with Crippen LogP contribution in [0.25, 0.3) is 11.1 Å². The van der Waals surface area contributed by atoms with Crippen molar-refractivity contribution >= 4 is 29.8 Å². The topological polar surface area (TPSA) is 100 Å². The summed E-state index contributed by atoms with van der Waals surface area (Å²) in [6.45, 7) is 5.50. The molecule has 0 saturated heterocycles. The lowest BCUT2D eigenvalue weighted by Gasteiger charge is -2.20. The summed E-state index contributed by atoms with van der Waals surface area (Å²) >= 11 is 1.28. The highest BCUT2D eigenvalue weighted by molar-refractivity contribution is 7.99. The Bertz CT molecular complexity index is 936. The van der Waals surface area contributed by atoms with Crippen LogP contribution in [-0.2, 0) is 23.8 Å². The molecule has 2 rings (SSSR count). The van der Waals surface area contributed by atoms with Crippen molar-refractivity contribution in [3.8, 4) is 16.9 Å². The van der Waals surface area contributed by atoms with Crippen LogP contribution in [0.1, 0.15) is 6.92 Å². The normalized spacial score (nSPS) is 11.1. The maximum absolute atomic E-state index is 12.2.